The Morgan fingerprint density at radius 2 is 1.87 bits per heavy atom. The Morgan fingerprint density at radius 1 is 1.20 bits per heavy atom. The highest BCUT2D eigenvalue weighted by atomic mass is 16.4. The SMILES string of the molecule is O=C(O)CC1(CCN2CCCC2)CCC1. The summed E-state index contributed by atoms with van der Waals surface area (Å²) < 4.78 is 0. The van der Waals surface area contributed by atoms with E-state index in [-0.39, 0.29) is 5.41 Å². The Kier molecular flexibility index (Phi) is 3.29. The molecular formula is C12H21NO2. The van der Waals surface area contributed by atoms with Gasteiger partial charge in [0.1, 0.15) is 0 Å². The van der Waals surface area contributed by atoms with E-state index in [0.29, 0.717) is 6.42 Å². The molecule has 15 heavy (non-hydrogen) atoms. The number of aliphatic carboxylic acids is 1. The highest BCUT2D eigenvalue weighted by molar-refractivity contribution is 5.67. The van der Waals surface area contributed by atoms with Gasteiger partial charge in [0.25, 0.3) is 0 Å². The van der Waals surface area contributed by atoms with Crippen LogP contribution in [0.25, 0.3) is 0 Å². The van der Waals surface area contributed by atoms with Crippen LogP contribution in [0.5, 0.6) is 0 Å². The minimum Gasteiger partial charge on any atom is -0.481 e. The fourth-order valence-corrected chi connectivity index (χ4v) is 2.91. The third kappa shape index (κ3) is 2.71. The summed E-state index contributed by atoms with van der Waals surface area (Å²) in [7, 11) is 0. The van der Waals surface area contributed by atoms with Gasteiger partial charge in [0.2, 0.25) is 0 Å². The van der Waals surface area contributed by atoms with Crippen LogP contribution in [0.1, 0.15) is 44.9 Å². The first-order valence-corrected chi connectivity index (χ1v) is 6.14. The number of likely N-dealkylation sites (tertiary alicyclic amines) is 1. The molecule has 1 saturated heterocycles. The first-order chi connectivity index (χ1) is 7.20. The van der Waals surface area contributed by atoms with Crippen molar-refractivity contribution in [3.05, 3.63) is 0 Å². The molecule has 1 N–H and O–H groups in total. The van der Waals surface area contributed by atoms with Gasteiger partial charge < -0.3 is 10.0 Å². The third-order valence-corrected chi connectivity index (χ3v) is 4.10. The lowest BCUT2D eigenvalue weighted by molar-refractivity contribution is -0.141. The number of nitrogens with zero attached hydrogens (tertiary/aromatic N) is 1. The van der Waals surface area contributed by atoms with Gasteiger partial charge in [-0.3, -0.25) is 4.79 Å². The molecule has 2 rings (SSSR count). The van der Waals surface area contributed by atoms with Gasteiger partial charge in [0.05, 0.1) is 6.42 Å². The van der Waals surface area contributed by atoms with Crippen LogP contribution in [0.2, 0.25) is 0 Å². The van der Waals surface area contributed by atoms with Gasteiger partial charge in [0, 0.05) is 0 Å². The van der Waals surface area contributed by atoms with Gasteiger partial charge in [-0.05, 0) is 57.2 Å². The molecule has 0 aromatic rings. The summed E-state index contributed by atoms with van der Waals surface area (Å²) >= 11 is 0. The maximum atomic E-state index is 10.8. The first-order valence-electron chi connectivity index (χ1n) is 6.14. The number of carbonyl (C=O) groups is 1. The van der Waals surface area contributed by atoms with Crippen molar-refractivity contribution in [2.24, 2.45) is 5.41 Å². The van der Waals surface area contributed by atoms with Crippen LogP contribution in [-0.2, 0) is 4.79 Å². The molecule has 1 heterocycles. The molecule has 2 fully saturated rings. The van der Waals surface area contributed by atoms with E-state index in [1.54, 1.807) is 0 Å². The molecule has 2 aliphatic rings. The highest BCUT2D eigenvalue weighted by Gasteiger charge is 2.38. The number of hydrogen-bond donors (Lipinski definition) is 1. The second-order valence-electron chi connectivity index (χ2n) is 5.22. The minimum absolute atomic E-state index is 0.161. The maximum absolute atomic E-state index is 10.8. The molecule has 3 nitrogen and oxygen atoms in total. The molecule has 0 spiro atoms. The molecule has 0 atom stereocenters. The van der Waals surface area contributed by atoms with Crippen LogP contribution in [0.15, 0.2) is 0 Å². The van der Waals surface area contributed by atoms with Crippen LogP contribution in [0.3, 0.4) is 0 Å². The van der Waals surface area contributed by atoms with E-state index in [1.165, 1.54) is 32.4 Å². The molecule has 86 valence electrons. The Labute approximate surface area is 91.5 Å². The molecule has 3 heteroatoms. The molecule has 0 bridgehead atoms. The van der Waals surface area contributed by atoms with Gasteiger partial charge in [-0.15, -0.1) is 0 Å². The lowest BCUT2D eigenvalue weighted by atomic mass is 9.64. The van der Waals surface area contributed by atoms with Crippen LogP contribution >= 0.6 is 0 Å². The molecule has 0 aromatic heterocycles. The number of carboxylic acid groups (broad SMARTS) is 1. The summed E-state index contributed by atoms with van der Waals surface area (Å²) in [5, 5.41) is 8.89. The fraction of sp³-hybridized carbons (Fsp3) is 0.917. The van der Waals surface area contributed by atoms with Crippen LogP contribution in [0, 0.1) is 5.41 Å². The molecule has 0 radical (unpaired) electrons. The maximum Gasteiger partial charge on any atom is 0.303 e. The van der Waals surface area contributed by atoms with Crippen molar-refractivity contribution in [2.45, 2.75) is 44.9 Å². The van der Waals surface area contributed by atoms with Gasteiger partial charge in [0.15, 0.2) is 0 Å². The quantitative estimate of drug-likeness (QED) is 0.757. The molecular weight excluding hydrogens is 190 g/mol. The Hall–Kier alpha value is -0.570. The summed E-state index contributed by atoms with van der Waals surface area (Å²) in [5.41, 5.74) is 0.161. The second kappa shape index (κ2) is 4.52. The van der Waals surface area contributed by atoms with E-state index in [2.05, 4.69) is 4.90 Å². The number of carboxylic acids is 1. The summed E-state index contributed by atoms with van der Waals surface area (Å²) in [5.74, 6) is -0.615. The summed E-state index contributed by atoms with van der Waals surface area (Å²) in [6.07, 6.45) is 7.63. The van der Waals surface area contributed by atoms with Crippen LogP contribution < -0.4 is 0 Å². The Balaban J connectivity index is 1.77. The van der Waals surface area contributed by atoms with Gasteiger partial charge in [-0.1, -0.05) is 6.42 Å². The van der Waals surface area contributed by atoms with E-state index >= 15 is 0 Å². The summed E-state index contributed by atoms with van der Waals surface area (Å²) in [4.78, 5) is 13.3. The van der Waals surface area contributed by atoms with Crippen molar-refractivity contribution in [1.82, 2.24) is 4.90 Å². The van der Waals surface area contributed by atoms with Crippen molar-refractivity contribution < 1.29 is 9.90 Å². The van der Waals surface area contributed by atoms with E-state index in [9.17, 15) is 4.79 Å². The van der Waals surface area contributed by atoms with Crippen LogP contribution in [0.4, 0.5) is 0 Å². The second-order valence-corrected chi connectivity index (χ2v) is 5.22. The van der Waals surface area contributed by atoms with E-state index in [1.807, 2.05) is 0 Å². The largest absolute Gasteiger partial charge is 0.481 e. The zero-order chi connectivity index (χ0) is 10.7. The third-order valence-electron chi connectivity index (χ3n) is 4.10. The van der Waals surface area contributed by atoms with Gasteiger partial charge in [-0.25, -0.2) is 0 Å². The highest BCUT2D eigenvalue weighted by Crippen LogP contribution is 2.47. The van der Waals surface area contributed by atoms with Crippen molar-refractivity contribution >= 4 is 5.97 Å². The zero-order valence-corrected chi connectivity index (χ0v) is 9.37. The summed E-state index contributed by atoms with van der Waals surface area (Å²) in [6.45, 7) is 3.57. The summed E-state index contributed by atoms with van der Waals surface area (Å²) in [6, 6.07) is 0. The number of hydrogen-bond acceptors (Lipinski definition) is 2. The van der Waals surface area contributed by atoms with Crippen molar-refractivity contribution in [3.63, 3.8) is 0 Å². The van der Waals surface area contributed by atoms with E-state index < -0.39 is 5.97 Å². The van der Waals surface area contributed by atoms with E-state index in [0.717, 1.165) is 25.8 Å². The van der Waals surface area contributed by atoms with Crippen molar-refractivity contribution in [1.29, 1.82) is 0 Å². The molecule has 1 aliphatic carbocycles. The van der Waals surface area contributed by atoms with Gasteiger partial charge >= 0.3 is 5.97 Å². The molecule has 0 aromatic carbocycles. The molecule has 0 unspecified atom stereocenters. The molecule has 0 amide bonds. The van der Waals surface area contributed by atoms with Crippen molar-refractivity contribution in [2.75, 3.05) is 19.6 Å². The minimum atomic E-state index is -0.615. The number of rotatable bonds is 5. The van der Waals surface area contributed by atoms with E-state index in [4.69, 9.17) is 5.11 Å². The monoisotopic (exact) mass is 211 g/mol. The van der Waals surface area contributed by atoms with Crippen molar-refractivity contribution in [3.8, 4) is 0 Å². The first kappa shape index (κ1) is 10.9. The Morgan fingerprint density at radius 3 is 2.33 bits per heavy atom. The molecule has 1 aliphatic heterocycles. The predicted molar refractivity (Wildman–Crippen MR) is 58.8 cm³/mol. The topological polar surface area (TPSA) is 40.5 Å². The molecule has 1 saturated carbocycles. The average Bonchev–Trinajstić information content (AvgIpc) is 2.61. The lowest BCUT2D eigenvalue weighted by Gasteiger charge is -2.41. The normalized spacial score (nSPS) is 25.1. The lowest BCUT2D eigenvalue weighted by Crippen LogP contribution is -2.36. The predicted octanol–water partition coefficient (Wildman–Crippen LogP) is 2.12. The zero-order valence-electron chi connectivity index (χ0n) is 9.37. The standard InChI is InChI=1S/C12H21NO2/c14-11(15)10-12(4-3-5-12)6-9-13-7-1-2-8-13/h1-10H2,(H,14,15). The Bertz CT molecular complexity index is 230. The van der Waals surface area contributed by atoms with Gasteiger partial charge in [-0.2, -0.15) is 0 Å². The fourth-order valence-electron chi connectivity index (χ4n) is 2.91. The smallest absolute Gasteiger partial charge is 0.303 e. The van der Waals surface area contributed by atoms with Crippen LogP contribution in [-0.4, -0.2) is 35.6 Å². The average molecular weight is 211 g/mol.